The molecule has 0 saturated carbocycles. The van der Waals surface area contributed by atoms with Crippen molar-refractivity contribution in [1.29, 1.82) is 0 Å². The molecule has 2 aromatic carbocycles. The van der Waals surface area contributed by atoms with Gasteiger partial charge in [0.2, 0.25) is 5.91 Å². The average molecular weight is 448 g/mol. The number of piperidine rings is 1. The summed E-state index contributed by atoms with van der Waals surface area (Å²) in [5.74, 6) is -1.30. The van der Waals surface area contributed by atoms with Crippen molar-refractivity contribution in [2.75, 3.05) is 25.0 Å². The molecule has 10 heteroatoms. The van der Waals surface area contributed by atoms with Crippen molar-refractivity contribution in [2.45, 2.75) is 24.7 Å². The van der Waals surface area contributed by atoms with Gasteiger partial charge in [0.25, 0.3) is 5.91 Å². The highest BCUT2D eigenvalue weighted by molar-refractivity contribution is 6.46. The number of alkyl halides is 3. The zero-order valence-corrected chi connectivity index (χ0v) is 16.9. The Kier molecular flexibility index (Phi) is 5.72. The first kappa shape index (κ1) is 21.9. The Labute approximate surface area is 181 Å². The Balaban J connectivity index is 1.37. The van der Waals surface area contributed by atoms with Crippen molar-refractivity contribution in [1.82, 2.24) is 10.2 Å². The van der Waals surface area contributed by atoms with Gasteiger partial charge in [-0.05, 0) is 36.4 Å². The van der Waals surface area contributed by atoms with Gasteiger partial charge in [-0.25, -0.2) is 4.39 Å². The third-order valence-corrected chi connectivity index (χ3v) is 5.56. The van der Waals surface area contributed by atoms with Crippen molar-refractivity contribution in [3.8, 4) is 0 Å². The van der Waals surface area contributed by atoms with E-state index in [1.807, 2.05) is 0 Å². The third-order valence-electron chi connectivity index (χ3n) is 5.56. The number of rotatable bonds is 4. The Morgan fingerprint density at radius 1 is 1.09 bits per heavy atom. The van der Waals surface area contributed by atoms with Crippen LogP contribution < -0.4 is 10.6 Å². The Hall–Kier alpha value is -3.27. The molecule has 0 bridgehead atoms. The highest BCUT2D eigenvalue weighted by Crippen LogP contribution is 2.34. The van der Waals surface area contributed by atoms with E-state index < -0.39 is 29.1 Å². The summed E-state index contributed by atoms with van der Waals surface area (Å²) < 4.78 is 52.5. The van der Waals surface area contributed by atoms with E-state index in [-0.39, 0.29) is 23.9 Å². The van der Waals surface area contributed by atoms with Gasteiger partial charge < -0.3 is 10.6 Å². The topological polar surface area (TPSA) is 73.8 Å². The second-order valence-corrected chi connectivity index (χ2v) is 7.82. The molecule has 0 aromatic heterocycles. The highest BCUT2D eigenvalue weighted by Gasteiger charge is 2.42. The van der Waals surface area contributed by atoms with Crippen molar-refractivity contribution < 1.29 is 27.2 Å². The molecule has 0 unspecified atom stereocenters. The monoisotopic (exact) mass is 448 g/mol. The first-order valence-electron chi connectivity index (χ1n) is 10.0. The number of likely N-dealkylation sites (tertiary alicyclic amines) is 1. The van der Waals surface area contributed by atoms with Gasteiger partial charge >= 0.3 is 6.18 Å². The minimum Gasteiger partial charge on any atom is -0.326 e. The predicted molar refractivity (Wildman–Crippen MR) is 110 cm³/mol. The Morgan fingerprint density at radius 2 is 1.75 bits per heavy atom. The maximum Gasteiger partial charge on any atom is 0.418 e. The molecule has 2 aromatic rings. The van der Waals surface area contributed by atoms with Gasteiger partial charge in [-0.3, -0.25) is 19.5 Å². The molecule has 2 amide bonds. The summed E-state index contributed by atoms with van der Waals surface area (Å²) in [6.45, 7) is 0.772. The van der Waals surface area contributed by atoms with E-state index in [1.165, 1.54) is 42.5 Å². The summed E-state index contributed by atoms with van der Waals surface area (Å²) in [6.07, 6.45) is -3.69. The predicted octanol–water partition coefficient (Wildman–Crippen LogP) is 3.19. The lowest BCUT2D eigenvalue weighted by molar-refractivity contribution is -0.137. The second-order valence-electron chi connectivity index (χ2n) is 7.82. The Morgan fingerprint density at radius 3 is 2.41 bits per heavy atom. The zero-order chi connectivity index (χ0) is 22.9. The molecular formula is C22H20F4N4O2. The van der Waals surface area contributed by atoms with E-state index in [9.17, 15) is 27.2 Å². The molecule has 6 nitrogen and oxygen atoms in total. The van der Waals surface area contributed by atoms with E-state index in [0.717, 1.165) is 6.07 Å². The number of nitrogens with zero attached hydrogens (tertiary/aromatic N) is 2. The molecule has 1 saturated heterocycles. The SMILES string of the molecule is O=C(CN1CCC2(CC1)N=C(c1ccc(F)cc1)C(=O)N2)Nc1ccccc1C(F)(F)F. The summed E-state index contributed by atoms with van der Waals surface area (Å²) >= 11 is 0. The van der Waals surface area contributed by atoms with Gasteiger partial charge in [-0.15, -0.1) is 0 Å². The normalized spacial score (nSPS) is 18.4. The van der Waals surface area contributed by atoms with Gasteiger partial charge in [0, 0.05) is 31.5 Å². The number of nitrogens with one attached hydrogen (secondary N) is 2. The number of anilines is 1. The van der Waals surface area contributed by atoms with Crippen LogP contribution in [0, 0.1) is 5.82 Å². The number of aliphatic imine (C=N–C) groups is 1. The number of carbonyl (C=O) groups is 2. The molecule has 2 aliphatic heterocycles. The number of amides is 2. The van der Waals surface area contributed by atoms with Crippen LogP contribution >= 0.6 is 0 Å². The average Bonchev–Trinajstić information content (AvgIpc) is 3.06. The maximum absolute atomic E-state index is 13.1. The number of benzene rings is 2. The lowest BCUT2D eigenvalue weighted by Crippen LogP contribution is -2.52. The summed E-state index contributed by atoms with van der Waals surface area (Å²) in [7, 11) is 0. The fraction of sp³-hybridized carbons (Fsp3) is 0.318. The summed E-state index contributed by atoms with van der Waals surface area (Å²) in [6, 6.07) is 10.3. The second kappa shape index (κ2) is 8.34. The molecule has 0 radical (unpaired) electrons. The highest BCUT2D eigenvalue weighted by atomic mass is 19.4. The summed E-state index contributed by atoms with van der Waals surface area (Å²) in [4.78, 5) is 31.1. The molecule has 2 aliphatic rings. The zero-order valence-electron chi connectivity index (χ0n) is 16.9. The minimum atomic E-state index is -4.57. The maximum atomic E-state index is 13.1. The van der Waals surface area contributed by atoms with E-state index in [1.54, 1.807) is 4.90 Å². The summed E-state index contributed by atoms with van der Waals surface area (Å²) in [5, 5.41) is 5.22. The number of hydrogen-bond acceptors (Lipinski definition) is 4. The largest absolute Gasteiger partial charge is 0.418 e. The van der Waals surface area contributed by atoms with Crippen LogP contribution in [-0.2, 0) is 15.8 Å². The van der Waals surface area contributed by atoms with Crippen LogP contribution in [-0.4, -0.2) is 47.7 Å². The molecule has 2 N–H and O–H groups in total. The molecule has 32 heavy (non-hydrogen) atoms. The van der Waals surface area contributed by atoms with E-state index in [4.69, 9.17) is 0 Å². The van der Waals surface area contributed by atoms with Gasteiger partial charge in [-0.2, -0.15) is 13.2 Å². The minimum absolute atomic E-state index is 0.0786. The first-order chi connectivity index (χ1) is 15.2. The fourth-order valence-corrected chi connectivity index (χ4v) is 3.92. The summed E-state index contributed by atoms with van der Waals surface area (Å²) in [5.41, 5.74) is -1.22. The molecule has 168 valence electrons. The fourth-order valence-electron chi connectivity index (χ4n) is 3.92. The van der Waals surface area contributed by atoms with Crippen LogP contribution in [0.1, 0.15) is 24.0 Å². The van der Waals surface area contributed by atoms with Crippen molar-refractivity contribution in [2.24, 2.45) is 4.99 Å². The molecule has 2 heterocycles. The van der Waals surface area contributed by atoms with Crippen molar-refractivity contribution in [3.05, 3.63) is 65.5 Å². The van der Waals surface area contributed by atoms with Crippen molar-refractivity contribution >= 4 is 23.2 Å². The third kappa shape index (κ3) is 4.64. The smallest absolute Gasteiger partial charge is 0.326 e. The Bertz CT molecular complexity index is 1060. The lowest BCUT2D eigenvalue weighted by atomic mass is 9.98. The molecular weight excluding hydrogens is 428 g/mol. The van der Waals surface area contributed by atoms with Gasteiger partial charge in [0.15, 0.2) is 0 Å². The number of hydrogen-bond donors (Lipinski definition) is 2. The first-order valence-corrected chi connectivity index (χ1v) is 10.0. The van der Waals surface area contributed by atoms with Crippen LogP contribution in [0.2, 0.25) is 0 Å². The molecule has 4 rings (SSSR count). The van der Waals surface area contributed by atoms with E-state index in [0.29, 0.717) is 31.5 Å². The number of carbonyl (C=O) groups excluding carboxylic acids is 2. The van der Waals surface area contributed by atoms with Crippen LogP contribution in [0.3, 0.4) is 0 Å². The molecule has 1 spiro atoms. The van der Waals surface area contributed by atoms with Crippen LogP contribution in [0.25, 0.3) is 0 Å². The molecule has 0 atom stereocenters. The standard InChI is InChI=1S/C22H20F4N4O2/c23-15-7-5-14(6-8-15)19-20(32)29-21(28-19)9-11-30(12-10-21)13-18(31)27-17-4-2-1-3-16(17)22(24,25)26/h1-8H,9-13H2,(H,27,31)(H,29,32). The van der Waals surface area contributed by atoms with E-state index >= 15 is 0 Å². The van der Waals surface area contributed by atoms with Gasteiger partial charge in [0.1, 0.15) is 17.2 Å². The quantitative estimate of drug-likeness (QED) is 0.706. The lowest BCUT2D eigenvalue weighted by Gasteiger charge is -2.36. The van der Waals surface area contributed by atoms with Crippen LogP contribution in [0.15, 0.2) is 53.5 Å². The number of para-hydroxylation sites is 1. The number of halogens is 4. The van der Waals surface area contributed by atoms with Gasteiger partial charge in [0.05, 0.1) is 17.8 Å². The van der Waals surface area contributed by atoms with Gasteiger partial charge in [-0.1, -0.05) is 12.1 Å². The van der Waals surface area contributed by atoms with Crippen molar-refractivity contribution in [3.63, 3.8) is 0 Å². The van der Waals surface area contributed by atoms with Crippen LogP contribution in [0.5, 0.6) is 0 Å². The van der Waals surface area contributed by atoms with Crippen LogP contribution in [0.4, 0.5) is 23.2 Å². The van der Waals surface area contributed by atoms with E-state index in [2.05, 4.69) is 15.6 Å². The molecule has 1 fully saturated rings. The molecule has 0 aliphatic carbocycles.